The Balaban J connectivity index is 2.67. The first-order chi connectivity index (χ1) is 9.88. The molecule has 0 bridgehead atoms. The van der Waals surface area contributed by atoms with Gasteiger partial charge in [0.15, 0.2) is 0 Å². The average Bonchev–Trinajstić information content (AvgIpc) is 2.68. The fourth-order valence-corrected chi connectivity index (χ4v) is 1.82. The van der Waals surface area contributed by atoms with Gasteiger partial charge in [-0.25, -0.2) is 0 Å². The van der Waals surface area contributed by atoms with Gasteiger partial charge in [-0.3, -0.25) is 19.8 Å². The molecule has 0 unspecified atom stereocenters. The second-order valence-corrected chi connectivity index (χ2v) is 4.66. The number of hydrogen-bond acceptors (Lipinski definition) is 5. The van der Waals surface area contributed by atoms with Gasteiger partial charge in [0.2, 0.25) is 11.8 Å². The largest absolute Gasteiger partial charge is 0.481 e. The molecule has 0 aliphatic carbocycles. The van der Waals surface area contributed by atoms with E-state index in [4.69, 9.17) is 14.8 Å². The number of carboxylic acids is 1. The van der Waals surface area contributed by atoms with Gasteiger partial charge in [-0.05, 0) is 20.4 Å². The van der Waals surface area contributed by atoms with Crippen molar-refractivity contribution in [2.45, 2.75) is 27.2 Å². The maximum absolute atomic E-state index is 11.9. The number of nitriles is 1. The molecule has 2 N–H and O–H groups in total. The normalized spacial score (nSPS) is 10.4. The third kappa shape index (κ3) is 4.61. The van der Waals surface area contributed by atoms with Crippen molar-refractivity contribution in [3.63, 3.8) is 0 Å². The standard InChI is InChI=1S/C14H19N3O4/c1-4-17(6-5-13(19)20)8-12(18)16-14-11(7-15)9(2)10(3)21-14/h4-6,8H2,1-3H3,(H,16,18)(H,19,20). The molecule has 0 fully saturated rings. The Kier molecular flexibility index (Phi) is 5.93. The van der Waals surface area contributed by atoms with Crippen molar-refractivity contribution in [2.75, 3.05) is 25.0 Å². The number of hydrogen-bond donors (Lipinski definition) is 2. The van der Waals surface area contributed by atoms with Crippen molar-refractivity contribution in [1.29, 1.82) is 5.26 Å². The number of carboxylic acid groups (broad SMARTS) is 1. The number of aryl methyl sites for hydroxylation is 1. The maximum Gasteiger partial charge on any atom is 0.304 e. The van der Waals surface area contributed by atoms with Crippen molar-refractivity contribution in [3.8, 4) is 6.07 Å². The molecule has 114 valence electrons. The van der Waals surface area contributed by atoms with Gasteiger partial charge in [0.25, 0.3) is 0 Å². The number of likely N-dealkylation sites (N-methyl/N-ethyl adjacent to an activating group) is 1. The SMILES string of the molecule is CCN(CCC(=O)O)CC(=O)Nc1oc(C)c(C)c1C#N. The lowest BCUT2D eigenvalue weighted by molar-refractivity contribution is -0.137. The molecule has 0 spiro atoms. The Hall–Kier alpha value is -2.33. The van der Waals surface area contributed by atoms with Crippen LogP contribution in [0.3, 0.4) is 0 Å². The summed E-state index contributed by atoms with van der Waals surface area (Å²) < 4.78 is 5.35. The van der Waals surface area contributed by atoms with Crippen LogP contribution in [0.4, 0.5) is 5.88 Å². The maximum atomic E-state index is 11.9. The van der Waals surface area contributed by atoms with Crippen LogP contribution in [-0.4, -0.2) is 41.5 Å². The molecule has 21 heavy (non-hydrogen) atoms. The van der Waals surface area contributed by atoms with E-state index in [1.807, 2.05) is 13.0 Å². The summed E-state index contributed by atoms with van der Waals surface area (Å²) in [6, 6.07) is 2.00. The molecular weight excluding hydrogens is 274 g/mol. The average molecular weight is 293 g/mol. The fourth-order valence-electron chi connectivity index (χ4n) is 1.82. The summed E-state index contributed by atoms with van der Waals surface area (Å²) in [4.78, 5) is 24.2. The number of nitrogens with one attached hydrogen (secondary N) is 1. The molecular formula is C14H19N3O4. The third-order valence-electron chi connectivity index (χ3n) is 3.21. The van der Waals surface area contributed by atoms with E-state index in [0.717, 1.165) is 0 Å². The summed E-state index contributed by atoms with van der Waals surface area (Å²) in [5, 5.41) is 20.3. The zero-order valence-corrected chi connectivity index (χ0v) is 12.4. The molecule has 0 radical (unpaired) electrons. The summed E-state index contributed by atoms with van der Waals surface area (Å²) in [5.41, 5.74) is 1.01. The van der Waals surface area contributed by atoms with Crippen LogP contribution < -0.4 is 5.32 Å². The van der Waals surface area contributed by atoms with E-state index in [9.17, 15) is 9.59 Å². The molecule has 7 nitrogen and oxygen atoms in total. The Bertz CT molecular complexity index is 572. The minimum atomic E-state index is -0.905. The number of furan rings is 1. The number of carbonyl (C=O) groups is 2. The van der Waals surface area contributed by atoms with E-state index >= 15 is 0 Å². The van der Waals surface area contributed by atoms with Crippen LogP contribution in [0.15, 0.2) is 4.42 Å². The van der Waals surface area contributed by atoms with Crippen molar-refractivity contribution in [1.82, 2.24) is 4.90 Å². The number of aliphatic carboxylic acids is 1. The third-order valence-corrected chi connectivity index (χ3v) is 3.21. The first kappa shape index (κ1) is 16.7. The summed E-state index contributed by atoms with van der Waals surface area (Å²) in [6.07, 6.45) is -0.0243. The first-order valence-electron chi connectivity index (χ1n) is 6.63. The summed E-state index contributed by atoms with van der Waals surface area (Å²) in [7, 11) is 0. The van der Waals surface area contributed by atoms with Gasteiger partial charge in [-0.2, -0.15) is 5.26 Å². The molecule has 1 amide bonds. The molecule has 1 aromatic rings. The van der Waals surface area contributed by atoms with Gasteiger partial charge in [0, 0.05) is 12.1 Å². The predicted octanol–water partition coefficient (Wildman–Crippen LogP) is 1.50. The highest BCUT2D eigenvalue weighted by Crippen LogP contribution is 2.25. The smallest absolute Gasteiger partial charge is 0.304 e. The van der Waals surface area contributed by atoms with Gasteiger partial charge in [0.1, 0.15) is 17.4 Å². The first-order valence-corrected chi connectivity index (χ1v) is 6.63. The fraction of sp³-hybridized carbons (Fsp3) is 0.500. The highest BCUT2D eigenvalue weighted by Gasteiger charge is 2.18. The lowest BCUT2D eigenvalue weighted by Gasteiger charge is -2.18. The number of nitrogens with zero attached hydrogens (tertiary/aromatic N) is 2. The van der Waals surface area contributed by atoms with Crippen LogP contribution in [0.5, 0.6) is 0 Å². The summed E-state index contributed by atoms with van der Waals surface area (Å²) in [6.45, 7) is 6.21. The number of amides is 1. The molecule has 0 saturated heterocycles. The van der Waals surface area contributed by atoms with E-state index in [1.165, 1.54) is 0 Å². The lowest BCUT2D eigenvalue weighted by atomic mass is 10.2. The summed E-state index contributed by atoms with van der Waals surface area (Å²) in [5.74, 6) is -0.516. The molecule has 7 heteroatoms. The van der Waals surface area contributed by atoms with E-state index < -0.39 is 5.97 Å². The summed E-state index contributed by atoms with van der Waals surface area (Å²) >= 11 is 0. The van der Waals surface area contributed by atoms with Crippen molar-refractivity contribution in [3.05, 3.63) is 16.9 Å². The highest BCUT2D eigenvalue weighted by atomic mass is 16.4. The Morgan fingerprint density at radius 3 is 2.62 bits per heavy atom. The quantitative estimate of drug-likeness (QED) is 0.789. The van der Waals surface area contributed by atoms with Crippen molar-refractivity contribution >= 4 is 17.8 Å². The van der Waals surface area contributed by atoms with E-state index in [2.05, 4.69) is 5.32 Å². The molecule has 0 aliphatic rings. The van der Waals surface area contributed by atoms with E-state index in [0.29, 0.717) is 30.0 Å². The van der Waals surface area contributed by atoms with E-state index in [-0.39, 0.29) is 24.8 Å². The zero-order valence-electron chi connectivity index (χ0n) is 12.4. The zero-order chi connectivity index (χ0) is 16.0. The predicted molar refractivity (Wildman–Crippen MR) is 75.9 cm³/mol. The van der Waals surface area contributed by atoms with Gasteiger partial charge >= 0.3 is 5.97 Å². The molecule has 1 aromatic heterocycles. The van der Waals surface area contributed by atoms with Crippen LogP contribution >= 0.6 is 0 Å². The second-order valence-electron chi connectivity index (χ2n) is 4.66. The van der Waals surface area contributed by atoms with Gasteiger partial charge < -0.3 is 9.52 Å². The molecule has 0 aromatic carbocycles. The molecule has 0 saturated carbocycles. The van der Waals surface area contributed by atoms with Crippen molar-refractivity contribution in [2.24, 2.45) is 0 Å². The molecule has 1 heterocycles. The van der Waals surface area contributed by atoms with Crippen LogP contribution in [0, 0.1) is 25.2 Å². The van der Waals surface area contributed by atoms with Crippen LogP contribution in [0.2, 0.25) is 0 Å². The van der Waals surface area contributed by atoms with Crippen molar-refractivity contribution < 1.29 is 19.1 Å². The molecule has 1 rings (SSSR count). The van der Waals surface area contributed by atoms with Gasteiger partial charge in [-0.1, -0.05) is 6.92 Å². The van der Waals surface area contributed by atoms with Crippen LogP contribution in [0.1, 0.15) is 30.2 Å². The topological polar surface area (TPSA) is 107 Å². The molecule has 0 aliphatic heterocycles. The van der Waals surface area contributed by atoms with E-state index in [1.54, 1.807) is 18.7 Å². The monoisotopic (exact) mass is 293 g/mol. The van der Waals surface area contributed by atoms with Gasteiger partial charge in [0.05, 0.1) is 13.0 Å². The Labute approximate surface area is 123 Å². The number of anilines is 1. The van der Waals surface area contributed by atoms with Gasteiger partial charge in [-0.15, -0.1) is 0 Å². The minimum absolute atomic E-state index is 0.0243. The minimum Gasteiger partial charge on any atom is -0.481 e. The molecule has 0 atom stereocenters. The second kappa shape index (κ2) is 7.45. The Morgan fingerprint density at radius 1 is 1.43 bits per heavy atom. The number of rotatable bonds is 7. The van der Waals surface area contributed by atoms with Crippen LogP contribution in [0.25, 0.3) is 0 Å². The highest BCUT2D eigenvalue weighted by molar-refractivity contribution is 5.92. The van der Waals surface area contributed by atoms with Crippen LogP contribution in [-0.2, 0) is 9.59 Å². The Morgan fingerprint density at radius 2 is 2.10 bits per heavy atom. The number of carbonyl (C=O) groups excluding carboxylic acids is 1. The lowest BCUT2D eigenvalue weighted by Crippen LogP contribution is -2.34.